The van der Waals surface area contributed by atoms with Crippen molar-refractivity contribution in [1.29, 1.82) is 0 Å². The highest BCUT2D eigenvalue weighted by Crippen LogP contribution is 2.24. The molecule has 4 N–H and O–H groups in total. The van der Waals surface area contributed by atoms with Gasteiger partial charge in [-0.15, -0.1) is 24.0 Å². The van der Waals surface area contributed by atoms with Crippen LogP contribution in [0.2, 0.25) is 0 Å². The lowest BCUT2D eigenvalue weighted by Gasteiger charge is -2.21. The summed E-state index contributed by atoms with van der Waals surface area (Å²) >= 11 is 0. The van der Waals surface area contributed by atoms with E-state index in [0.29, 0.717) is 18.3 Å². The molecule has 0 spiro atoms. The van der Waals surface area contributed by atoms with E-state index in [9.17, 15) is 4.79 Å². The molecule has 1 amide bonds. The van der Waals surface area contributed by atoms with Crippen LogP contribution in [0, 0.1) is 0 Å². The lowest BCUT2D eigenvalue weighted by Crippen LogP contribution is -2.38. The zero-order valence-corrected chi connectivity index (χ0v) is 18.1. The number of benzene rings is 1. The Morgan fingerprint density at radius 3 is 2.63 bits per heavy atom. The summed E-state index contributed by atoms with van der Waals surface area (Å²) in [6.45, 7) is 2.54. The standard InChI is InChI=1S/C20H26N4O2.HI/c1-13(15-8-7-14-5-3-4-6-16(14)11-15)24-20(22-2)23-12-17-9-10-18(26-17)19(21)25;/h7-11,13H,3-6,12H2,1-2H3,(H2,21,25)(H2,22,23,24);1H. The molecule has 0 saturated carbocycles. The molecule has 2 aromatic rings. The number of amides is 1. The van der Waals surface area contributed by atoms with Crippen LogP contribution in [-0.2, 0) is 19.4 Å². The van der Waals surface area contributed by atoms with Crippen molar-refractivity contribution in [2.75, 3.05) is 7.05 Å². The van der Waals surface area contributed by atoms with Gasteiger partial charge in [-0.25, -0.2) is 0 Å². The number of nitrogens with zero attached hydrogens (tertiary/aromatic N) is 1. The largest absolute Gasteiger partial charge is 0.454 e. The molecule has 1 aliphatic carbocycles. The summed E-state index contributed by atoms with van der Waals surface area (Å²) in [6, 6.07) is 10.2. The Morgan fingerprint density at radius 2 is 1.96 bits per heavy atom. The van der Waals surface area contributed by atoms with Crippen molar-refractivity contribution in [2.24, 2.45) is 10.7 Å². The smallest absolute Gasteiger partial charge is 0.284 e. The Labute approximate surface area is 177 Å². The molecule has 1 aliphatic rings. The molecule has 0 saturated heterocycles. The first-order chi connectivity index (χ1) is 12.6. The van der Waals surface area contributed by atoms with E-state index in [2.05, 4.69) is 40.7 Å². The lowest BCUT2D eigenvalue weighted by atomic mass is 9.89. The van der Waals surface area contributed by atoms with E-state index in [-0.39, 0.29) is 35.8 Å². The van der Waals surface area contributed by atoms with Gasteiger partial charge < -0.3 is 20.8 Å². The van der Waals surface area contributed by atoms with Crippen molar-refractivity contribution in [3.63, 3.8) is 0 Å². The third-order valence-electron chi connectivity index (χ3n) is 4.78. The van der Waals surface area contributed by atoms with Gasteiger partial charge in [0.25, 0.3) is 5.91 Å². The Balaban J connectivity index is 0.00000261. The zero-order valence-electron chi connectivity index (χ0n) is 15.7. The summed E-state index contributed by atoms with van der Waals surface area (Å²) in [5, 5.41) is 6.59. The molecule has 6 nitrogen and oxygen atoms in total. The minimum Gasteiger partial charge on any atom is -0.454 e. The van der Waals surface area contributed by atoms with Gasteiger partial charge in [-0.3, -0.25) is 9.79 Å². The average Bonchev–Trinajstić information content (AvgIpc) is 3.14. The third kappa shape index (κ3) is 5.47. The number of primary amides is 1. The molecule has 0 radical (unpaired) electrons. The summed E-state index contributed by atoms with van der Waals surface area (Å²) in [5.74, 6) is 0.891. The van der Waals surface area contributed by atoms with Gasteiger partial charge in [0, 0.05) is 7.05 Å². The van der Waals surface area contributed by atoms with E-state index < -0.39 is 5.91 Å². The minimum absolute atomic E-state index is 0. The molecule has 1 aromatic carbocycles. The number of nitrogens with one attached hydrogen (secondary N) is 2. The van der Waals surface area contributed by atoms with Crippen LogP contribution in [0.1, 0.15) is 58.8 Å². The fraction of sp³-hybridized carbons (Fsp3) is 0.400. The second-order valence-corrected chi connectivity index (χ2v) is 6.66. The first kappa shape index (κ1) is 21.3. The number of carbonyl (C=O) groups is 1. The van der Waals surface area contributed by atoms with Gasteiger partial charge in [-0.2, -0.15) is 0 Å². The van der Waals surface area contributed by atoms with E-state index >= 15 is 0 Å². The second kappa shape index (κ2) is 9.77. The fourth-order valence-electron chi connectivity index (χ4n) is 3.28. The molecule has 1 unspecified atom stereocenters. The molecular weight excluding hydrogens is 455 g/mol. The SMILES string of the molecule is CN=C(NCc1ccc(C(N)=O)o1)NC(C)c1ccc2c(c1)CCCC2.I. The van der Waals surface area contributed by atoms with Crippen molar-refractivity contribution in [1.82, 2.24) is 10.6 Å². The summed E-state index contributed by atoms with van der Waals surface area (Å²) in [7, 11) is 1.73. The number of hydrogen-bond acceptors (Lipinski definition) is 3. The van der Waals surface area contributed by atoms with Gasteiger partial charge in [-0.1, -0.05) is 18.2 Å². The van der Waals surface area contributed by atoms with Gasteiger partial charge in [0.15, 0.2) is 11.7 Å². The lowest BCUT2D eigenvalue weighted by molar-refractivity contribution is 0.0972. The minimum atomic E-state index is -0.570. The Morgan fingerprint density at radius 1 is 1.22 bits per heavy atom. The van der Waals surface area contributed by atoms with E-state index in [1.54, 1.807) is 19.2 Å². The number of carbonyl (C=O) groups excluding carboxylic acids is 1. The highest BCUT2D eigenvalue weighted by atomic mass is 127. The first-order valence-corrected chi connectivity index (χ1v) is 9.04. The Hall–Kier alpha value is -2.03. The van der Waals surface area contributed by atoms with Crippen LogP contribution in [0.25, 0.3) is 0 Å². The van der Waals surface area contributed by atoms with Gasteiger partial charge >= 0.3 is 0 Å². The predicted octanol–water partition coefficient (Wildman–Crippen LogP) is 3.30. The quantitative estimate of drug-likeness (QED) is 0.347. The van der Waals surface area contributed by atoms with Gasteiger partial charge in [-0.05, 0) is 61.4 Å². The number of furan rings is 1. The average molecular weight is 482 g/mol. The van der Waals surface area contributed by atoms with Crippen LogP contribution in [-0.4, -0.2) is 18.9 Å². The molecule has 1 aromatic heterocycles. The number of aliphatic imine (C=N–C) groups is 1. The van der Waals surface area contributed by atoms with Crippen molar-refractivity contribution >= 4 is 35.8 Å². The number of guanidine groups is 1. The Bertz CT molecular complexity index is 816. The van der Waals surface area contributed by atoms with Crippen molar-refractivity contribution in [3.8, 4) is 0 Å². The van der Waals surface area contributed by atoms with E-state index in [4.69, 9.17) is 10.2 Å². The van der Waals surface area contributed by atoms with Crippen LogP contribution in [0.15, 0.2) is 39.7 Å². The monoisotopic (exact) mass is 482 g/mol. The predicted molar refractivity (Wildman–Crippen MR) is 117 cm³/mol. The molecule has 1 heterocycles. The Kier molecular flexibility index (Phi) is 7.70. The van der Waals surface area contributed by atoms with Crippen molar-refractivity contribution in [2.45, 2.75) is 45.2 Å². The number of nitrogens with two attached hydrogens (primary N) is 1. The highest BCUT2D eigenvalue weighted by Gasteiger charge is 2.14. The molecule has 146 valence electrons. The first-order valence-electron chi connectivity index (χ1n) is 9.04. The molecular formula is C20H27IN4O2. The molecule has 3 rings (SSSR count). The number of rotatable bonds is 5. The number of hydrogen-bond donors (Lipinski definition) is 3. The molecule has 7 heteroatoms. The third-order valence-corrected chi connectivity index (χ3v) is 4.78. The number of aryl methyl sites for hydroxylation is 2. The molecule has 0 fully saturated rings. The second-order valence-electron chi connectivity index (χ2n) is 6.66. The maximum absolute atomic E-state index is 11.1. The van der Waals surface area contributed by atoms with E-state index in [0.717, 1.165) is 0 Å². The highest BCUT2D eigenvalue weighted by molar-refractivity contribution is 14.0. The molecule has 0 aliphatic heterocycles. The van der Waals surface area contributed by atoms with Crippen LogP contribution >= 0.6 is 24.0 Å². The van der Waals surface area contributed by atoms with Crippen LogP contribution < -0.4 is 16.4 Å². The van der Waals surface area contributed by atoms with Gasteiger partial charge in [0.2, 0.25) is 0 Å². The van der Waals surface area contributed by atoms with Crippen molar-refractivity contribution < 1.29 is 9.21 Å². The maximum atomic E-state index is 11.1. The number of halogens is 1. The molecule has 27 heavy (non-hydrogen) atoms. The van der Waals surface area contributed by atoms with Gasteiger partial charge in [0.05, 0.1) is 12.6 Å². The van der Waals surface area contributed by atoms with Crippen molar-refractivity contribution in [3.05, 3.63) is 58.5 Å². The summed E-state index contributed by atoms with van der Waals surface area (Å²) in [5.41, 5.74) is 9.41. The summed E-state index contributed by atoms with van der Waals surface area (Å²) in [6.07, 6.45) is 4.93. The fourth-order valence-corrected chi connectivity index (χ4v) is 3.28. The zero-order chi connectivity index (χ0) is 18.5. The topological polar surface area (TPSA) is 92.6 Å². The van der Waals surface area contributed by atoms with Crippen LogP contribution in [0.3, 0.4) is 0 Å². The maximum Gasteiger partial charge on any atom is 0.284 e. The molecule has 0 bridgehead atoms. The molecule has 1 atom stereocenters. The summed E-state index contributed by atoms with van der Waals surface area (Å²) < 4.78 is 5.37. The number of fused-ring (bicyclic) bond motifs is 1. The normalized spacial score (nSPS) is 14.7. The van der Waals surface area contributed by atoms with E-state index in [1.165, 1.54) is 42.4 Å². The van der Waals surface area contributed by atoms with Gasteiger partial charge in [0.1, 0.15) is 5.76 Å². The van der Waals surface area contributed by atoms with E-state index in [1.807, 2.05) is 0 Å². The van der Waals surface area contributed by atoms with Crippen LogP contribution in [0.4, 0.5) is 0 Å². The van der Waals surface area contributed by atoms with Crippen LogP contribution in [0.5, 0.6) is 0 Å². The summed E-state index contributed by atoms with van der Waals surface area (Å²) in [4.78, 5) is 15.3.